The lowest BCUT2D eigenvalue weighted by molar-refractivity contribution is -0.167. The largest absolute Gasteiger partial charge is 0.462 e. The molecule has 0 saturated heterocycles. The van der Waals surface area contributed by atoms with Gasteiger partial charge in [-0.1, -0.05) is 302 Å². The van der Waals surface area contributed by atoms with Crippen LogP contribution in [0, 0.1) is 0 Å². The van der Waals surface area contributed by atoms with Gasteiger partial charge in [0.25, 0.3) is 0 Å². The molecule has 0 radical (unpaired) electrons. The third-order valence-corrected chi connectivity index (χ3v) is 14.4. The van der Waals surface area contributed by atoms with E-state index < -0.39 is 6.10 Å². The van der Waals surface area contributed by atoms with Crippen LogP contribution in [0.4, 0.5) is 0 Å². The summed E-state index contributed by atoms with van der Waals surface area (Å²) in [6.45, 7) is 6.50. The van der Waals surface area contributed by atoms with E-state index in [0.29, 0.717) is 19.3 Å². The molecule has 1 atom stereocenters. The molecule has 0 heterocycles. The summed E-state index contributed by atoms with van der Waals surface area (Å²) in [6, 6.07) is 0. The maximum Gasteiger partial charge on any atom is 0.306 e. The van der Waals surface area contributed by atoms with Crippen molar-refractivity contribution in [1.29, 1.82) is 0 Å². The number of rotatable bonds is 61. The molecule has 6 heteroatoms. The Bertz CT molecular complexity index is 1730. The van der Waals surface area contributed by atoms with Gasteiger partial charge in [-0.15, -0.1) is 0 Å². The summed E-state index contributed by atoms with van der Waals surface area (Å²) in [6.07, 6.45) is 97.5. The van der Waals surface area contributed by atoms with E-state index in [-0.39, 0.29) is 31.1 Å². The highest BCUT2D eigenvalue weighted by molar-refractivity contribution is 5.71. The molecule has 1 unspecified atom stereocenters. The van der Waals surface area contributed by atoms with E-state index >= 15 is 0 Å². The zero-order valence-corrected chi connectivity index (χ0v) is 53.5. The average molecular weight is 1140 g/mol. The van der Waals surface area contributed by atoms with Crippen molar-refractivity contribution in [1.82, 2.24) is 0 Å². The molecular weight excluding hydrogens is 1010 g/mol. The van der Waals surface area contributed by atoms with Gasteiger partial charge in [0.1, 0.15) is 13.2 Å². The van der Waals surface area contributed by atoms with Crippen molar-refractivity contribution in [2.75, 3.05) is 13.2 Å². The SMILES string of the molecule is CC/C=C\C/C=C\C/C=C\C/C=C\C/C=C\C/C=C\C/C=C\C/C=C\C/C=C\CCCCCCCCCC(=O)OCC(COC(=O)CCCCCCCCCCCCCC)OC(=O)CCCCCCCCC/C=C\C/C=C\CCCCC. The standard InChI is InChI=1S/C76H126O6/c1-4-7-10-13-16-19-22-25-27-29-30-31-32-33-34-35-36-37-38-39-40-41-42-43-44-45-46-48-49-51-54-57-60-63-66-69-75(78)81-72-73(71-80-74(77)68-65-62-59-56-53-24-21-18-15-12-9-6-3)82-76(79)70-67-64-61-58-55-52-50-47-28-26-23-20-17-14-11-8-5-2/h7,10,16-17,19-20,25-28,30-31,33-34,36-37,39-40,42-43,45-46,73H,4-6,8-9,11-15,18,21-24,29,32,35,38,41,44,47-72H2,1-3H3/b10-7-,19-16-,20-17-,27-25-,28-26-,31-30-,34-33-,37-36-,40-39-,43-42-,46-45-. The molecule has 0 aromatic carbocycles. The fourth-order valence-electron chi connectivity index (χ4n) is 9.29. The lowest BCUT2D eigenvalue weighted by Crippen LogP contribution is -2.30. The Labute approximate surface area is 506 Å². The van der Waals surface area contributed by atoms with Gasteiger partial charge in [0.15, 0.2) is 6.10 Å². The number of hydrogen-bond donors (Lipinski definition) is 0. The lowest BCUT2D eigenvalue weighted by Gasteiger charge is -2.18. The second-order valence-electron chi connectivity index (χ2n) is 22.4. The lowest BCUT2D eigenvalue weighted by atomic mass is 10.0. The summed E-state index contributed by atoms with van der Waals surface area (Å²) in [4.78, 5) is 38.3. The van der Waals surface area contributed by atoms with Crippen LogP contribution < -0.4 is 0 Å². The first-order valence-electron chi connectivity index (χ1n) is 34.2. The zero-order valence-electron chi connectivity index (χ0n) is 53.5. The van der Waals surface area contributed by atoms with Crippen LogP contribution in [-0.2, 0) is 28.6 Å². The maximum atomic E-state index is 12.9. The second-order valence-corrected chi connectivity index (χ2v) is 22.4. The summed E-state index contributed by atoms with van der Waals surface area (Å²) in [5.74, 6) is -0.898. The van der Waals surface area contributed by atoms with Crippen LogP contribution >= 0.6 is 0 Å². The van der Waals surface area contributed by atoms with E-state index in [1.165, 1.54) is 135 Å². The molecule has 0 aliphatic carbocycles. The minimum Gasteiger partial charge on any atom is -0.462 e. The van der Waals surface area contributed by atoms with Crippen molar-refractivity contribution >= 4 is 17.9 Å². The molecule has 0 aromatic heterocycles. The van der Waals surface area contributed by atoms with E-state index in [0.717, 1.165) is 135 Å². The molecule has 0 aromatic rings. The molecule has 0 N–H and O–H groups in total. The number of allylic oxidation sites excluding steroid dienone is 22. The summed E-state index contributed by atoms with van der Waals surface area (Å²) in [5.41, 5.74) is 0. The van der Waals surface area contributed by atoms with E-state index in [9.17, 15) is 14.4 Å². The van der Waals surface area contributed by atoms with Crippen LogP contribution in [0.3, 0.4) is 0 Å². The minimum atomic E-state index is -0.789. The fraction of sp³-hybridized carbons (Fsp3) is 0.671. The van der Waals surface area contributed by atoms with Crippen LogP contribution in [0.15, 0.2) is 134 Å². The quantitative estimate of drug-likeness (QED) is 0.0261. The molecule has 6 nitrogen and oxygen atoms in total. The van der Waals surface area contributed by atoms with Gasteiger partial charge in [0, 0.05) is 19.3 Å². The van der Waals surface area contributed by atoms with Crippen LogP contribution in [0.1, 0.15) is 310 Å². The predicted molar refractivity (Wildman–Crippen MR) is 357 cm³/mol. The van der Waals surface area contributed by atoms with Crippen LogP contribution in [0.25, 0.3) is 0 Å². The number of hydrogen-bond acceptors (Lipinski definition) is 6. The Kier molecular flexibility index (Phi) is 65.3. The van der Waals surface area contributed by atoms with E-state index in [4.69, 9.17) is 14.2 Å². The van der Waals surface area contributed by atoms with Crippen LogP contribution in [0.5, 0.6) is 0 Å². The highest BCUT2D eigenvalue weighted by Crippen LogP contribution is 2.16. The number of ether oxygens (including phenoxy) is 3. The third kappa shape index (κ3) is 66.4. The summed E-state index contributed by atoms with van der Waals surface area (Å²) in [7, 11) is 0. The predicted octanol–water partition coefficient (Wildman–Crippen LogP) is 23.7. The summed E-state index contributed by atoms with van der Waals surface area (Å²) >= 11 is 0. The third-order valence-electron chi connectivity index (χ3n) is 14.4. The Morgan fingerprint density at radius 3 is 0.768 bits per heavy atom. The monoisotopic (exact) mass is 1130 g/mol. The van der Waals surface area contributed by atoms with Crippen molar-refractivity contribution < 1.29 is 28.6 Å². The first-order valence-corrected chi connectivity index (χ1v) is 34.2. The van der Waals surface area contributed by atoms with Gasteiger partial charge in [-0.2, -0.15) is 0 Å². The highest BCUT2D eigenvalue weighted by Gasteiger charge is 2.19. The molecule has 0 bridgehead atoms. The molecule has 0 fully saturated rings. The van der Waals surface area contributed by atoms with Gasteiger partial charge in [0.05, 0.1) is 0 Å². The first-order chi connectivity index (χ1) is 40.5. The molecule has 0 saturated carbocycles. The van der Waals surface area contributed by atoms with E-state index in [2.05, 4.69) is 154 Å². The molecule has 82 heavy (non-hydrogen) atoms. The highest BCUT2D eigenvalue weighted by atomic mass is 16.6. The number of unbranched alkanes of at least 4 members (excludes halogenated alkanes) is 28. The molecule has 0 aliphatic heterocycles. The van der Waals surface area contributed by atoms with Crippen LogP contribution in [-0.4, -0.2) is 37.2 Å². The topological polar surface area (TPSA) is 78.9 Å². The smallest absolute Gasteiger partial charge is 0.306 e. The van der Waals surface area contributed by atoms with Gasteiger partial charge < -0.3 is 14.2 Å². The minimum absolute atomic E-state index is 0.0843. The van der Waals surface area contributed by atoms with Crippen molar-refractivity contribution in [3.63, 3.8) is 0 Å². The number of carbonyl (C=O) groups excluding carboxylic acids is 3. The molecular formula is C76H126O6. The van der Waals surface area contributed by atoms with Crippen molar-refractivity contribution in [3.8, 4) is 0 Å². The van der Waals surface area contributed by atoms with Gasteiger partial charge in [-0.25, -0.2) is 0 Å². The Morgan fingerprint density at radius 1 is 0.256 bits per heavy atom. The van der Waals surface area contributed by atoms with E-state index in [1.54, 1.807) is 0 Å². The van der Waals surface area contributed by atoms with Crippen LogP contribution in [0.2, 0.25) is 0 Å². The van der Waals surface area contributed by atoms with Crippen molar-refractivity contribution in [2.45, 2.75) is 316 Å². The van der Waals surface area contributed by atoms with Gasteiger partial charge in [-0.05, 0) is 122 Å². The number of esters is 3. The summed E-state index contributed by atoms with van der Waals surface area (Å²) in [5, 5.41) is 0. The first kappa shape index (κ1) is 77.5. The fourth-order valence-corrected chi connectivity index (χ4v) is 9.29. The Morgan fingerprint density at radius 2 is 0.476 bits per heavy atom. The van der Waals surface area contributed by atoms with Gasteiger partial charge in [-0.3, -0.25) is 14.4 Å². The molecule has 0 rings (SSSR count). The molecule has 0 spiro atoms. The Hall–Kier alpha value is -4.45. The molecule has 0 aliphatic rings. The normalized spacial score (nSPS) is 13.0. The molecule has 0 amide bonds. The van der Waals surface area contributed by atoms with Crippen molar-refractivity contribution in [2.24, 2.45) is 0 Å². The maximum absolute atomic E-state index is 12.9. The average Bonchev–Trinajstić information content (AvgIpc) is 3.47. The number of carbonyl (C=O) groups is 3. The second kappa shape index (κ2) is 69.0. The van der Waals surface area contributed by atoms with Crippen molar-refractivity contribution in [3.05, 3.63) is 134 Å². The van der Waals surface area contributed by atoms with Gasteiger partial charge >= 0.3 is 17.9 Å². The van der Waals surface area contributed by atoms with E-state index in [1.807, 2.05) is 0 Å². The Balaban J connectivity index is 4.27. The molecule has 466 valence electrons. The van der Waals surface area contributed by atoms with Gasteiger partial charge in [0.2, 0.25) is 0 Å². The zero-order chi connectivity index (χ0) is 59.2. The summed E-state index contributed by atoms with van der Waals surface area (Å²) < 4.78 is 16.9.